The van der Waals surface area contributed by atoms with E-state index in [1.807, 2.05) is 25.2 Å². The standard InChI is InChI=1S/C15H23NO2S/c1-15(2,3)13(9-16-4)12-10-19(17,18)14-8-6-5-7-11(12)14/h5-8,12-13,16H,9-10H2,1-4H3. The second-order valence-electron chi connectivity index (χ2n) is 6.46. The summed E-state index contributed by atoms with van der Waals surface area (Å²) in [6.07, 6.45) is 0. The fraction of sp³-hybridized carbons (Fsp3) is 0.600. The fourth-order valence-electron chi connectivity index (χ4n) is 3.09. The molecule has 1 heterocycles. The molecule has 0 aromatic heterocycles. The van der Waals surface area contributed by atoms with Crippen LogP contribution in [0.4, 0.5) is 0 Å². The monoisotopic (exact) mass is 281 g/mol. The Labute approximate surface area is 116 Å². The summed E-state index contributed by atoms with van der Waals surface area (Å²) in [7, 11) is -1.18. The number of fused-ring (bicyclic) bond motifs is 1. The van der Waals surface area contributed by atoms with E-state index in [0.717, 1.165) is 12.1 Å². The molecule has 0 saturated heterocycles. The molecule has 19 heavy (non-hydrogen) atoms. The Morgan fingerprint density at radius 1 is 1.32 bits per heavy atom. The van der Waals surface area contributed by atoms with Crippen LogP contribution in [0.1, 0.15) is 32.3 Å². The van der Waals surface area contributed by atoms with Gasteiger partial charge in [0.1, 0.15) is 0 Å². The van der Waals surface area contributed by atoms with Crippen molar-refractivity contribution in [3.63, 3.8) is 0 Å². The summed E-state index contributed by atoms with van der Waals surface area (Å²) in [4.78, 5) is 0.533. The van der Waals surface area contributed by atoms with Gasteiger partial charge in [-0.25, -0.2) is 8.42 Å². The van der Waals surface area contributed by atoms with Crippen molar-refractivity contribution >= 4 is 9.84 Å². The van der Waals surface area contributed by atoms with Crippen LogP contribution in [0.3, 0.4) is 0 Å². The summed E-state index contributed by atoms with van der Waals surface area (Å²) >= 11 is 0. The average Bonchev–Trinajstić information content (AvgIpc) is 2.58. The summed E-state index contributed by atoms with van der Waals surface area (Å²) in [5.41, 5.74) is 1.07. The second-order valence-corrected chi connectivity index (χ2v) is 8.46. The number of hydrogen-bond acceptors (Lipinski definition) is 3. The smallest absolute Gasteiger partial charge is 0.179 e. The van der Waals surface area contributed by atoms with Crippen molar-refractivity contribution in [2.24, 2.45) is 11.3 Å². The van der Waals surface area contributed by atoms with Crippen molar-refractivity contribution in [1.29, 1.82) is 0 Å². The minimum atomic E-state index is -3.11. The van der Waals surface area contributed by atoms with Gasteiger partial charge >= 0.3 is 0 Å². The summed E-state index contributed by atoms with van der Waals surface area (Å²) in [6.45, 7) is 7.38. The topological polar surface area (TPSA) is 46.2 Å². The van der Waals surface area contributed by atoms with Gasteiger partial charge in [-0.15, -0.1) is 0 Å². The molecule has 0 saturated carbocycles. The number of rotatable bonds is 3. The van der Waals surface area contributed by atoms with Gasteiger partial charge in [-0.1, -0.05) is 39.0 Å². The van der Waals surface area contributed by atoms with E-state index in [4.69, 9.17) is 0 Å². The first kappa shape index (κ1) is 14.5. The first-order chi connectivity index (χ1) is 8.77. The van der Waals surface area contributed by atoms with E-state index in [0.29, 0.717) is 10.8 Å². The van der Waals surface area contributed by atoms with Crippen molar-refractivity contribution < 1.29 is 8.42 Å². The maximum absolute atomic E-state index is 12.3. The van der Waals surface area contributed by atoms with Crippen LogP contribution >= 0.6 is 0 Å². The minimum Gasteiger partial charge on any atom is -0.319 e. The van der Waals surface area contributed by atoms with Gasteiger partial charge in [0.15, 0.2) is 9.84 Å². The molecule has 1 aliphatic heterocycles. The van der Waals surface area contributed by atoms with Gasteiger partial charge in [-0.05, 0) is 36.6 Å². The SMILES string of the molecule is CNCC(C1CS(=O)(=O)c2ccccc21)C(C)(C)C. The summed E-state index contributed by atoms with van der Waals surface area (Å²) in [5, 5.41) is 3.21. The maximum atomic E-state index is 12.3. The molecule has 0 amide bonds. The number of hydrogen-bond donors (Lipinski definition) is 1. The number of nitrogens with one attached hydrogen (secondary N) is 1. The number of benzene rings is 1. The Kier molecular flexibility index (Phi) is 3.76. The first-order valence-electron chi connectivity index (χ1n) is 6.73. The normalized spacial score (nSPS) is 23.1. The third kappa shape index (κ3) is 2.70. The quantitative estimate of drug-likeness (QED) is 0.925. The van der Waals surface area contributed by atoms with Crippen LogP contribution in [0, 0.1) is 11.3 Å². The van der Waals surface area contributed by atoms with Gasteiger partial charge in [-0.2, -0.15) is 0 Å². The maximum Gasteiger partial charge on any atom is 0.179 e. The molecule has 4 heteroatoms. The van der Waals surface area contributed by atoms with E-state index < -0.39 is 9.84 Å². The molecule has 2 atom stereocenters. The van der Waals surface area contributed by atoms with Gasteiger partial charge < -0.3 is 5.32 Å². The zero-order valence-electron chi connectivity index (χ0n) is 12.1. The molecule has 0 radical (unpaired) electrons. The lowest BCUT2D eigenvalue weighted by Crippen LogP contribution is -2.35. The van der Waals surface area contributed by atoms with Gasteiger partial charge in [0.25, 0.3) is 0 Å². The Bertz CT molecular complexity index is 558. The minimum absolute atomic E-state index is 0.0701. The van der Waals surface area contributed by atoms with E-state index in [9.17, 15) is 8.42 Å². The molecule has 0 fully saturated rings. The van der Waals surface area contributed by atoms with Gasteiger partial charge in [0.2, 0.25) is 0 Å². The van der Waals surface area contributed by atoms with Gasteiger partial charge in [0, 0.05) is 5.92 Å². The third-order valence-corrected chi connectivity index (χ3v) is 5.91. The highest BCUT2D eigenvalue weighted by atomic mass is 32.2. The van der Waals surface area contributed by atoms with Gasteiger partial charge in [-0.3, -0.25) is 0 Å². The summed E-state index contributed by atoms with van der Waals surface area (Å²) in [6, 6.07) is 7.46. The zero-order valence-corrected chi connectivity index (χ0v) is 12.9. The molecule has 106 valence electrons. The van der Waals surface area contributed by atoms with E-state index in [1.54, 1.807) is 6.07 Å². The molecule has 0 bridgehead atoms. The molecule has 0 spiro atoms. The molecule has 1 aromatic rings. The number of sulfone groups is 1. The van der Waals surface area contributed by atoms with Crippen LogP contribution in [0.2, 0.25) is 0 Å². The predicted octanol–water partition coefficient (Wildman–Crippen LogP) is 2.44. The third-order valence-electron chi connectivity index (χ3n) is 4.07. The average molecular weight is 281 g/mol. The molecular formula is C15H23NO2S. The van der Waals surface area contributed by atoms with Crippen molar-refractivity contribution in [3.05, 3.63) is 29.8 Å². The lowest BCUT2D eigenvalue weighted by atomic mass is 9.71. The second kappa shape index (κ2) is 4.91. The van der Waals surface area contributed by atoms with Crippen LogP contribution in [0.25, 0.3) is 0 Å². The molecule has 2 rings (SSSR count). The van der Waals surface area contributed by atoms with E-state index in [2.05, 4.69) is 26.1 Å². The van der Waals surface area contributed by atoms with Crippen LogP contribution in [-0.2, 0) is 9.84 Å². The van der Waals surface area contributed by atoms with Gasteiger partial charge in [0.05, 0.1) is 10.6 Å². The van der Waals surface area contributed by atoms with Crippen LogP contribution < -0.4 is 5.32 Å². The molecule has 1 aliphatic rings. The highest BCUT2D eigenvalue weighted by molar-refractivity contribution is 7.91. The van der Waals surface area contributed by atoms with Crippen LogP contribution in [-0.4, -0.2) is 27.8 Å². The Hall–Kier alpha value is -0.870. The van der Waals surface area contributed by atoms with Crippen LogP contribution in [0.5, 0.6) is 0 Å². The predicted molar refractivity (Wildman–Crippen MR) is 78.1 cm³/mol. The summed E-state index contributed by atoms with van der Waals surface area (Å²) in [5.74, 6) is 0.639. The molecule has 3 nitrogen and oxygen atoms in total. The summed E-state index contributed by atoms with van der Waals surface area (Å²) < 4.78 is 24.6. The van der Waals surface area contributed by atoms with E-state index >= 15 is 0 Å². The van der Waals surface area contributed by atoms with E-state index in [-0.39, 0.29) is 17.1 Å². The fourth-order valence-corrected chi connectivity index (χ4v) is 5.02. The molecule has 1 aromatic carbocycles. The molecule has 1 N–H and O–H groups in total. The Morgan fingerprint density at radius 3 is 2.53 bits per heavy atom. The van der Waals surface area contributed by atoms with Crippen LogP contribution in [0.15, 0.2) is 29.2 Å². The van der Waals surface area contributed by atoms with E-state index in [1.165, 1.54) is 0 Å². The zero-order chi connectivity index (χ0) is 14.3. The Morgan fingerprint density at radius 2 is 1.95 bits per heavy atom. The first-order valence-corrected chi connectivity index (χ1v) is 8.39. The largest absolute Gasteiger partial charge is 0.319 e. The Balaban J connectivity index is 2.47. The lowest BCUT2D eigenvalue weighted by molar-refractivity contribution is 0.206. The lowest BCUT2D eigenvalue weighted by Gasteiger charge is -2.35. The van der Waals surface area contributed by atoms with Crippen molar-refractivity contribution in [2.75, 3.05) is 19.3 Å². The molecule has 2 unspecified atom stereocenters. The molecular weight excluding hydrogens is 258 g/mol. The van der Waals surface area contributed by atoms with Crippen molar-refractivity contribution in [3.8, 4) is 0 Å². The molecule has 0 aliphatic carbocycles. The van der Waals surface area contributed by atoms with Crippen molar-refractivity contribution in [1.82, 2.24) is 5.32 Å². The highest BCUT2D eigenvalue weighted by Gasteiger charge is 2.42. The van der Waals surface area contributed by atoms with Crippen molar-refractivity contribution in [2.45, 2.75) is 31.6 Å². The highest BCUT2D eigenvalue weighted by Crippen LogP contribution is 2.45.